The van der Waals surface area contributed by atoms with Gasteiger partial charge >= 0.3 is 0 Å². The van der Waals surface area contributed by atoms with Gasteiger partial charge in [0.25, 0.3) is 0 Å². The van der Waals surface area contributed by atoms with Crippen molar-refractivity contribution >= 4 is 0 Å². The third-order valence-electron chi connectivity index (χ3n) is 8.44. The molecule has 170 valence electrons. The minimum atomic E-state index is 0.400. The summed E-state index contributed by atoms with van der Waals surface area (Å²) in [6, 6.07) is 28.5. The molecule has 0 N–H and O–H groups in total. The highest BCUT2D eigenvalue weighted by molar-refractivity contribution is 5.65. The maximum absolute atomic E-state index is 2.50. The molecule has 0 amide bonds. The van der Waals surface area contributed by atoms with Crippen molar-refractivity contribution in [3.63, 3.8) is 0 Å². The van der Waals surface area contributed by atoms with Crippen LogP contribution in [0.25, 0.3) is 0 Å². The van der Waals surface area contributed by atoms with E-state index in [1.54, 1.807) is 22.3 Å². The predicted octanol–water partition coefficient (Wildman–Crippen LogP) is 8.70. The molecule has 0 bridgehead atoms. The highest BCUT2D eigenvalue weighted by Crippen LogP contribution is 2.67. The van der Waals surface area contributed by atoms with Gasteiger partial charge in [0.05, 0.1) is 0 Å². The molecule has 0 spiro atoms. The van der Waals surface area contributed by atoms with E-state index < -0.39 is 0 Å². The van der Waals surface area contributed by atoms with Gasteiger partial charge in [-0.05, 0) is 86.1 Å². The minimum Gasteiger partial charge on any atom is -0.0590 e. The zero-order valence-corrected chi connectivity index (χ0v) is 21.2. The first-order valence-electron chi connectivity index (χ1n) is 12.7. The van der Waals surface area contributed by atoms with Gasteiger partial charge in [0.1, 0.15) is 0 Å². The normalized spacial score (nSPS) is 22.4. The standard InChI is InChI=1S/C34H34/c1-19-7-11-25(12-8-19)31-29-23(5)15-21(3)17-27(29)34-32(26-13-9-20(2)10-14-26)30-24(6)16-22(4)18-28(30)33(31)34/h7-18,31-34H,1-6H3/t31-,32-,33+,34+/m1/s1. The number of rotatable bonds is 2. The van der Waals surface area contributed by atoms with Crippen LogP contribution in [0.3, 0.4) is 0 Å². The van der Waals surface area contributed by atoms with Crippen molar-refractivity contribution < 1.29 is 0 Å². The summed E-state index contributed by atoms with van der Waals surface area (Å²) >= 11 is 0. The van der Waals surface area contributed by atoms with Crippen LogP contribution in [-0.4, -0.2) is 0 Å². The summed E-state index contributed by atoms with van der Waals surface area (Å²) in [6.45, 7) is 13.6. The SMILES string of the molecule is Cc1ccc([C@@H]2c3c(C)cc(C)cc3[C@H]3[C@H](c4ccc(C)cc4)c4c(C)cc(C)cc4[C@@H]23)cc1. The van der Waals surface area contributed by atoms with Crippen LogP contribution in [0.15, 0.2) is 72.8 Å². The molecule has 0 aliphatic heterocycles. The van der Waals surface area contributed by atoms with E-state index >= 15 is 0 Å². The average molecular weight is 443 g/mol. The maximum atomic E-state index is 2.50. The van der Waals surface area contributed by atoms with Gasteiger partial charge in [-0.3, -0.25) is 0 Å². The Kier molecular flexibility index (Phi) is 4.85. The minimum absolute atomic E-state index is 0.400. The molecule has 0 nitrogen and oxygen atoms in total. The quantitative estimate of drug-likeness (QED) is 0.291. The lowest BCUT2D eigenvalue weighted by Crippen LogP contribution is -2.10. The second-order valence-electron chi connectivity index (χ2n) is 11.0. The van der Waals surface area contributed by atoms with Crippen molar-refractivity contribution in [2.45, 2.75) is 65.2 Å². The Bertz CT molecular complexity index is 1290. The highest BCUT2D eigenvalue weighted by Gasteiger charge is 2.52. The van der Waals surface area contributed by atoms with Crippen LogP contribution in [0.5, 0.6) is 0 Å². The van der Waals surface area contributed by atoms with Crippen molar-refractivity contribution in [2.75, 3.05) is 0 Å². The van der Waals surface area contributed by atoms with E-state index in [1.807, 2.05) is 0 Å². The second kappa shape index (κ2) is 7.70. The molecule has 2 aliphatic rings. The largest absolute Gasteiger partial charge is 0.0590 e. The smallest absolute Gasteiger partial charge is 0.0170 e. The molecule has 0 unspecified atom stereocenters. The van der Waals surface area contributed by atoms with Crippen LogP contribution in [-0.2, 0) is 0 Å². The predicted molar refractivity (Wildman–Crippen MR) is 143 cm³/mol. The number of benzene rings is 4. The summed E-state index contributed by atoms with van der Waals surface area (Å²) in [7, 11) is 0. The summed E-state index contributed by atoms with van der Waals surface area (Å²) in [5.74, 6) is 1.74. The highest BCUT2D eigenvalue weighted by atomic mass is 14.5. The third kappa shape index (κ3) is 3.12. The number of hydrogen-bond donors (Lipinski definition) is 0. The van der Waals surface area contributed by atoms with Gasteiger partial charge in [-0.1, -0.05) is 95.1 Å². The van der Waals surface area contributed by atoms with Crippen molar-refractivity contribution in [3.8, 4) is 0 Å². The molecule has 4 aromatic rings. The Hall–Kier alpha value is -3.12. The van der Waals surface area contributed by atoms with E-state index in [4.69, 9.17) is 0 Å². The van der Waals surface area contributed by atoms with E-state index in [0.717, 1.165) is 0 Å². The molecule has 0 saturated carbocycles. The first kappa shape index (κ1) is 21.4. The van der Waals surface area contributed by atoms with Gasteiger partial charge in [-0.25, -0.2) is 0 Å². The first-order valence-corrected chi connectivity index (χ1v) is 12.7. The van der Waals surface area contributed by atoms with Crippen molar-refractivity contribution in [2.24, 2.45) is 0 Å². The topological polar surface area (TPSA) is 0 Å². The lowest BCUT2D eigenvalue weighted by atomic mass is 9.78. The Morgan fingerprint density at radius 1 is 0.412 bits per heavy atom. The third-order valence-corrected chi connectivity index (χ3v) is 8.44. The molecule has 0 saturated heterocycles. The van der Waals surface area contributed by atoms with Crippen LogP contribution in [0.4, 0.5) is 0 Å². The van der Waals surface area contributed by atoms with Crippen molar-refractivity contribution in [1.29, 1.82) is 0 Å². The molecule has 0 radical (unpaired) electrons. The molecular weight excluding hydrogens is 408 g/mol. The van der Waals surface area contributed by atoms with E-state index in [-0.39, 0.29) is 0 Å². The van der Waals surface area contributed by atoms with Crippen LogP contribution in [0, 0.1) is 41.5 Å². The zero-order chi connectivity index (χ0) is 23.7. The fraction of sp³-hybridized carbons (Fsp3) is 0.294. The van der Waals surface area contributed by atoms with Crippen LogP contribution < -0.4 is 0 Å². The molecule has 0 heterocycles. The molecule has 4 aromatic carbocycles. The van der Waals surface area contributed by atoms with Gasteiger partial charge in [0.15, 0.2) is 0 Å². The molecular formula is C34H34. The summed E-state index contributed by atoms with van der Waals surface area (Å²) in [4.78, 5) is 0. The van der Waals surface area contributed by atoms with Crippen molar-refractivity contribution in [1.82, 2.24) is 0 Å². The van der Waals surface area contributed by atoms with Crippen LogP contribution in [0.1, 0.15) is 90.4 Å². The van der Waals surface area contributed by atoms with E-state index in [1.165, 1.54) is 44.5 Å². The number of hydrogen-bond acceptors (Lipinski definition) is 0. The fourth-order valence-electron chi connectivity index (χ4n) is 7.24. The van der Waals surface area contributed by atoms with Gasteiger partial charge < -0.3 is 0 Å². The molecule has 4 atom stereocenters. The van der Waals surface area contributed by atoms with Gasteiger partial charge in [-0.15, -0.1) is 0 Å². The Balaban J connectivity index is 1.67. The molecule has 6 rings (SSSR count). The summed E-state index contributed by atoms with van der Waals surface area (Å²) in [5, 5.41) is 0. The van der Waals surface area contributed by atoms with Crippen LogP contribution >= 0.6 is 0 Å². The maximum Gasteiger partial charge on any atom is 0.0170 e. The van der Waals surface area contributed by atoms with Gasteiger partial charge in [-0.2, -0.15) is 0 Å². The summed E-state index contributed by atoms with van der Waals surface area (Å²) < 4.78 is 0. The Morgan fingerprint density at radius 2 is 0.765 bits per heavy atom. The monoisotopic (exact) mass is 442 g/mol. The molecule has 0 heteroatoms. The lowest BCUT2D eigenvalue weighted by Gasteiger charge is -2.24. The molecule has 0 aromatic heterocycles. The van der Waals surface area contributed by atoms with Gasteiger partial charge in [0, 0.05) is 23.7 Å². The molecule has 0 fully saturated rings. The first-order chi connectivity index (χ1) is 16.3. The second-order valence-corrected chi connectivity index (χ2v) is 11.0. The van der Waals surface area contributed by atoms with E-state index in [2.05, 4.69) is 114 Å². The van der Waals surface area contributed by atoms with E-state index in [0.29, 0.717) is 23.7 Å². The number of fused-ring (bicyclic) bond motifs is 5. The van der Waals surface area contributed by atoms with Crippen LogP contribution in [0.2, 0.25) is 0 Å². The Morgan fingerprint density at radius 3 is 1.12 bits per heavy atom. The van der Waals surface area contributed by atoms with Crippen molar-refractivity contribution in [3.05, 3.63) is 140 Å². The lowest BCUT2D eigenvalue weighted by molar-refractivity contribution is 0.545. The average Bonchev–Trinajstić information content (AvgIpc) is 3.29. The fourth-order valence-corrected chi connectivity index (χ4v) is 7.24. The van der Waals surface area contributed by atoms with E-state index in [9.17, 15) is 0 Å². The van der Waals surface area contributed by atoms with Gasteiger partial charge in [0.2, 0.25) is 0 Å². The zero-order valence-electron chi connectivity index (χ0n) is 21.2. The Labute approximate surface area is 204 Å². The number of aryl methyl sites for hydroxylation is 6. The molecule has 2 aliphatic carbocycles. The summed E-state index contributed by atoms with van der Waals surface area (Å²) in [6.07, 6.45) is 0. The molecule has 34 heavy (non-hydrogen) atoms. The summed E-state index contributed by atoms with van der Waals surface area (Å²) in [5.41, 5.74) is 17.5.